The van der Waals surface area contributed by atoms with E-state index in [0.29, 0.717) is 13.0 Å². The van der Waals surface area contributed by atoms with Gasteiger partial charge in [0.1, 0.15) is 6.54 Å². The van der Waals surface area contributed by atoms with Crippen molar-refractivity contribution in [3.05, 3.63) is 30.5 Å². The summed E-state index contributed by atoms with van der Waals surface area (Å²) in [5.41, 5.74) is 1.79. The Morgan fingerprint density at radius 2 is 2.07 bits per heavy atom. The molecular formula is C20H29ClN4O2S. The van der Waals surface area contributed by atoms with E-state index < -0.39 is 0 Å². The third-order valence-corrected chi connectivity index (χ3v) is 6.04. The van der Waals surface area contributed by atoms with E-state index in [4.69, 9.17) is 0 Å². The lowest BCUT2D eigenvalue weighted by molar-refractivity contribution is -0.131. The number of fused-ring (bicyclic) bond motifs is 1. The van der Waals surface area contributed by atoms with Gasteiger partial charge in [-0.3, -0.25) is 9.59 Å². The van der Waals surface area contributed by atoms with E-state index in [-0.39, 0.29) is 30.3 Å². The number of amides is 2. The molecule has 0 spiro atoms. The Labute approximate surface area is 176 Å². The van der Waals surface area contributed by atoms with Gasteiger partial charge in [0.2, 0.25) is 11.8 Å². The van der Waals surface area contributed by atoms with Crippen LogP contribution in [0, 0.1) is 0 Å². The quantitative estimate of drug-likeness (QED) is 0.717. The van der Waals surface area contributed by atoms with Crippen LogP contribution in [-0.2, 0) is 16.1 Å². The number of halogens is 1. The molecule has 2 N–H and O–H groups in total. The molecule has 6 nitrogen and oxygen atoms in total. The van der Waals surface area contributed by atoms with Crippen molar-refractivity contribution in [3.63, 3.8) is 0 Å². The Morgan fingerprint density at radius 3 is 2.75 bits per heavy atom. The molecule has 1 fully saturated rings. The number of nitrogens with zero attached hydrogens (tertiary/aromatic N) is 2. The molecule has 1 atom stereocenters. The summed E-state index contributed by atoms with van der Waals surface area (Å²) in [4.78, 5) is 26.5. The second-order valence-corrected chi connectivity index (χ2v) is 7.91. The standard InChI is InChI=1S/C20H28N4O2S.ClH/c1-3-23(4-2)20(26)13-24-9-7-15-11-16(5-6-18(15)24)22-19(25)12-17-14-27-10-8-21-17;/h5-7,9,11,17,21H,3-4,8,10,12-14H2,1-2H3,(H,22,25);1H. The van der Waals surface area contributed by atoms with Crippen LogP contribution in [-0.4, -0.2) is 58.5 Å². The summed E-state index contributed by atoms with van der Waals surface area (Å²) in [5, 5.41) is 7.40. The number of carbonyl (C=O) groups is 2. The fourth-order valence-corrected chi connectivity index (χ4v) is 4.37. The van der Waals surface area contributed by atoms with Crippen molar-refractivity contribution in [3.8, 4) is 0 Å². The van der Waals surface area contributed by atoms with E-state index in [1.807, 2.05) is 65.5 Å². The molecule has 0 aliphatic carbocycles. The largest absolute Gasteiger partial charge is 0.342 e. The number of nitrogens with one attached hydrogen (secondary N) is 2. The minimum absolute atomic E-state index is 0. The van der Waals surface area contributed by atoms with E-state index in [2.05, 4.69) is 10.6 Å². The molecule has 1 aromatic carbocycles. The highest BCUT2D eigenvalue weighted by Gasteiger charge is 2.17. The molecule has 0 bridgehead atoms. The van der Waals surface area contributed by atoms with Crippen molar-refractivity contribution in [2.45, 2.75) is 32.9 Å². The first-order valence-corrected chi connectivity index (χ1v) is 10.7. The van der Waals surface area contributed by atoms with Crippen LogP contribution < -0.4 is 10.6 Å². The SMILES string of the molecule is CCN(CC)C(=O)Cn1ccc2cc(NC(=O)CC3CSCCN3)ccc21.Cl. The zero-order valence-corrected chi connectivity index (χ0v) is 18.1. The summed E-state index contributed by atoms with van der Waals surface area (Å²) in [5.74, 6) is 2.25. The number of anilines is 1. The third kappa shape index (κ3) is 5.65. The van der Waals surface area contributed by atoms with Gasteiger partial charge in [0.15, 0.2) is 0 Å². The van der Waals surface area contributed by atoms with Gasteiger partial charge in [0.25, 0.3) is 0 Å². The highest BCUT2D eigenvalue weighted by atomic mass is 35.5. The number of likely N-dealkylation sites (N-methyl/N-ethyl adjacent to an activating group) is 1. The summed E-state index contributed by atoms with van der Waals surface area (Å²) < 4.78 is 1.96. The van der Waals surface area contributed by atoms with Gasteiger partial charge < -0.3 is 20.1 Å². The minimum atomic E-state index is 0. The predicted molar refractivity (Wildman–Crippen MR) is 119 cm³/mol. The topological polar surface area (TPSA) is 66.4 Å². The monoisotopic (exact) mass is 424 g/mol. The fraction of sp³-hybridized carbons (Fsp3) is 0.500. The van der Waals surface area contributed by atoms with Crippen molar-refractivity contribution in [2.75, 3.05) is 36.5 Å². The van der Waals surface area contributed by atoms with E-state index in [1.165, 1.54) is 0 Å². The zero-order chi connectivity index (χ0) is 19.2. The number of rotatable bonds is 7. The Hall–Kier alpha value is -1.70. The summed E-state index contributed by atoms with van der Waals surface area (Å²) >= 11 is 1.89. The Bertz CT molecular complexity index is 801. The number of thioether (sulfide) groups is 1. The highest BCUT2D eigenvalue weighted by Crippen LogP contribution is 2.21. The summed E-state index contributed by atoms with van der Waals surface area (Å²) in [6.07, 6.45) is 2.42. The van der Waals surface area contributed by atoms with Crippen LogP contribution in [0.4, 0.5) is 5.69 Å². The van der Waals surface area contributed by atoms with Gasteiger partial charge in [0.05, 0.1) is 0 Å². The van der Waals surface area contributed by atoms with Gasteiger partial charge in [-0.15, -0.1) is 12.4 Å². The average Bonchev–Trinajstić information content (AvgIpc) is 3.05. The molecular weight excluding hydrogens is 396 g/mol. The summed E-state index contributed by atoms with van der Waals surface area (Å²) in [6, 6.07) is 8.07. The van der Waals surface area contributed by atoms with E-state index in [9.17, 15) is 9.59 Å². The van der Waals surface area contributed by atoms with Gasteiger partial charge in [-0.2, -0.15) is 11.8 Å². The van der Waals surface area contributed by atoms with Gasteiger partial charge >= 0.3 is 0 Å². The van der Waals surface area contributed by atoms with E-state index in [0.717, 1.165) is 47.7 Å². The lowest BCUT2D eigenvalue weighted by Gasteiger charge is -2.22. The van der Waals surface area contributed by atoms with Gasteiger partial charge in [-0.05, 0) is 38.1 Å². The summed E-state index contributed by atoms with van der Waals surface area (Å²) in [6.45, 7) is 6.73. The van der Waals surface area contributed by atoms with Gasteiger partial charge in [-0.1, -0.05) is 0 Å². The van der Waals surface area contributed by atoms with Gasteiger partial charge in [0, 0.05) is 66.4 Å². The molecule has 2 heterocycles. The van der Waals surface area contributed by atoms with Crippen LogP contribution in [0.25, 0.3) is 10.9 Å². The second-order valence-electron chi connectivity index (χ2n) is 6.76. The normalized spacial score (nSPS) is 16.4. The van der Waals surface area contributed by atoms with Crippen LogP contribution >= 0.6 is 24.2 Å². The smallest absolute Gasteiger partial charge is 0.242 e. The molecule has 1 unspecified atom stereocenters. The molecule has 0 radical (unpaired) electrons. The third-order valence-electron chi connectivity index (χ3n) is 4.91. The minimum Gasteiger partial charge on any atom is -0.342 e. The van der Waals surface area contributed by atoms with E-state index >= 15 is 0 Å². The lowest BCUT2D eigenvalue weighted by atomic mass is 10.2. The number of hydrogen-bond donors (Lipinski definition) is 2. The predicted octanol–water partition coefficient (Wildman–Crippen LogP) is 2.97. The van der Waals surface area contributed by atoms with Crippen LogP contribution in [0.15, 0.2) is 30.5 Å². The van der Waals surface area contributed by atoms with Crippen molar-refractivity contribution >= 4 is 52.6 Å². The highest BCUT2D eigenvalue weighted by molar-refractivity contribution is 7.99. The lowest BCUT2D eigenvalue weighted by Crippen LogP contribution is -2.39. The van der Waals surface area contributed by atoms with Crippen LogP contribution in [0.5, 0.6) is 0 Å². The van der Waals surface area contributed by atoms with E-state index in [1.54, 1.807) is 0 Å². The first-order chi connectivity index (χ1) is 13.1. The first kappa shape index (κ1) is 22.6. The molecule has 3 rings (SSSR count). The molecule has 1 aromatic heterocycles. The molecule has 1 aliphatic heterocycles. The maximum absolute atomic E-state index is 12.4. The molecule has 28 heavy (non-hydrogen) atoms. The molecule has 1 saturated heterocycles. The van der Waals surface area contributed by atoms with Crippen molar-refractivity contribution in [1.82, 2.24) is 14.8 Å². The Morgan fingerprint density at radius 1 is 1.29 bits per heavy atom. The summed E-state index contributed by atoms with van der Waals surface area (Å²) in [7, 11) is 0. The van der Waals surface area contributed by atoms with Crippen molar-refractivity contribution in [1.29, 1.82) is 0 Å². The molecule has 2 aromatic rings. The number of benzene rings is 1. The van der Waals surface area contributed by atoms with Crippen LogP contribution in [0.2, 0.25) is 0 Å². The van der Waals surface area contributed by atoms with Crippen molar-refractivity contribution in [2.24, 2.45) is 0 Å². The molecule has 0 saturated carbocycles. The maximum Gasteiger partial charge on any atom is 0.242 e. The van der Waals surface area contributed by atoms with Gasteiger partial charge in [-0.25, -0.2) is 0 Å². The molecule has 1 aliphatic rings. The van der Waals surface area contributed by atoms with Crippen LogP contribution in [0.3, 0.4) is 0 Å². The van der Waals surface area contributed by atoms with Crippen LogP contribution in [0.1, 0.15) is 20.3 Å². The number of hydrogen-bond acceptors (Lipinski definition) is 4. The second kappa shape index (κ2) is 10.7. The average molecular weight is 425 g/mol. The number of aromatic nitrogens is 1. The van der Waals surface area contributed by atoms with Crippen molar-refractivity contribution < 1.29 is 9.59 Å². The molecule has 154 valence electrons. The fourth-order valence-electron chi connectivity index (χ4n) is 3.42. The molecule has 2 amide bonds. The first-order valence-electron chi connectivity index (χ1n) is 9.58. The maximum atomic E-state index is 12.4. The molecule has 8 heteroatoms. The number of carbonyl (C=O) groups excluding carboxylic acids is 2. The Kier molecular flexibility index (Phi) is 8.66. The Balaban J connectivity index is 0.00000280. The zero-order valence-electron chi connectivity index (χ0n) is 16.4.